The van der Waals surface area contributed by atoms with E-state index in [-0.39, 0.29) is 11.3 Å². The average molecular weight is 225 g/mol. The minimum absolute atomic E-state index is 0.252. The first-order chi connectivity index (χ1) is 7.59. The van der Waals surface area contributed by atoms with E-state index in [1.165, 1.54) is 12.8 Å². The number of carbonyl (C=O) groups excluding carboxylic acids is 1. The second kappa shape index (κ2) is 4.34. The molecule has 16 heavy (non-hydrogen) atoms. The Bertz CT molecular complexity index is 279. The van der Waals surface area contributed by atoms with E-state index in [9.17, 15) is 4.79 Å². The molecule has 1 aliphatic heterocycles. The minimum atomic E-state index is 0.252. The van der Waals surface area contributed by atoms with Gasteiger partial charge in [-0.1, -0.05) is 6.42 Å². The lowest BCUT2D eigenvalue weighted by atomic mass is 9.82. The topological polar surface area (TPSA) is 49.6 Å². The van der Waals surface area contributed by atoms with Gasteiger partial charge in [0, 0.05) is 18.0 Å². The first-order valence-electron chi connectivity index (χ1n) is 6.23. The molecule has 1 saturated carbocycles. The molecular weight excluding hydrogens is 202 g/mol. The number of nitrogens with two attached hydrogens (primary N) is 1. The van der Waals surface area contributed by atoms with Crippen LogP contribution in [0.1, 0.15) is 25.7 Å². The maximum atomic E-state index is 12.1. The summed E-state index contributed by atoms with van der Waals surface area (Å²) in [5.74, 6) is 0.271. The molecule has 1 amide bonds. The molecule has 4 nitrogen and oxygen atoms in total. The van der Waals surface area contributed by atoms with E-state index in [1.807, 2.05) is 19.0 Å². The Kier molecular flexibility index (Phi) is 3.22. The van der Waals surface area contributed by atoms with Crippen molar-refractivity contribution in [1.82, 2.24) is 9.80 Å². The number of hydrogen-bond donors (Lipinski definition) is 1. The molecule has 0 aromatic rings. The molecule has 2 fully saturated rings. The molecule has 2 rings (SSSR count). The molecule has 0 aromatic carbocycles. The Morgan fingerprint density at radius 2 is 2.25 bits per heavy atom. The van der Waals surface area contributed by atoms with Gasteiger partial charge in [0.2, 0.25) is 5.91 Å². The maximum absolute atomic E-state index is 12.1. The lowest BCUT2D eigenvalue weighted by Crippen LogP contribution is -2.45. The number of rotatable bonds is 3. The highest BCUT2D eigenvalue weighted by atomic mass is 16.2. The van der Waals surface area contributed by atoms with Gasteiger partial charge >= 0.3 is 0 Å². The van der Waals surface area contributed by atoms with E-state index < -0.39 is 0 Å². The predicted octanol–water partition coefficient (Wildman–Crippen LogP) is 0.278. The second-order valence-electron chi connectivity index (χ2n) is 5.55. The number of amides is 1. The zero-order valence-electron chi connectivity index (χ0n) is 10.4. The van der Waals surface area contributed by atoms with Gasteiger partial charge in [0.1, 0.15) is 0 Å². The maximum Gasteiger partial charge on any atom is 0.236 e. The number of carbonyl (C=O) groups is 1. The summed E-state index contributed by atoms with van der Waals surface area (Å²) in [7, 11) is 3.89. The van der Waals surface area contributed by atoms with Gasteiger partial charge in [-0.2, -0.15) is 0 Å². The molecule has 1 heterocycles. The van der Waals surface area contributed by atoms with Crippen molar-refractivity contribution in [3.05, 3.63) is 0 Å². The second-order valence-corrected chi connectivity index (χ2v) is 5.55. The number of hydrogen-bond acceptors (Lipinski definition) is 3. The molecule has 0 aromatic heterocycles. The summed E-state index contributed by atoms with van der Waals surface area (Å²) in [4.78, 5) is 16.1. The third-order valence-electron chi connectivity index (χ3n) is 4.26. The van der Waals surface area contributed by atoms with E-state index in [0.717, 1.165) is 25.9 Å². The fourth-order valence-corrected chi connectivity index (χ4v) is 3.40. The van der Waals surface area contributed by atoms with Crippen LogP contribution in [0.15, 0.2) is 0 Å². The van der Waals surface area contributed by atoms with Gasteiger partial charge in [-0.3, -0.25) is 4.79 Å². The van der Waals surface area contributed by atoms with Crippen molar-refractivity contribution in [1.29, 1.82) is 0 Å². The Morgan fingerprint density at radius 1 is 1.50 bits per heavy atom. The fraction of sp³-hybridized carbons (Fsp3) is 0.917. The van der Waals surface area contributed by atoms with Gasteiger partial charge in [0.25, 0.3) is 0 Å². The van der Waals surface area contributed by atoms with Gasteiger partial charge in [-0.15, -0.1) is 0 Å². The molecule has 1 aliphatic carbocycles. The van der Waals surface area contributed by atoms with E-state index >= 15 is 0 Å². The van der Waals surface area contributed by atoms with Crippen LogP contribution in [0.4, 0.5) is 0 Å². The van der Waals surface area contributed by atoms with E-state index in [0.29, 0.717) is 12.6 Å². The summed E-state index contributed by atoms with van der Waals surface area (Å²) in [6.07, 6.45) is 4.69. The van der Waals surface area contributed by atoms with Crippen LogP contribution in [0, 0.1) is 5.41 Å². The summed E-state index contributed by atoms with van der Waals surface area (Å²) in [6, 6.07) is 0.421. The third-order valence-corrected chi connectivity index (χ3v) is 4.26. The van der Waals surface area contributed by atoms with Gasteiger partial charge in [-0.25, -0.2) is 0 Å². The molecule has 2 N–H and O–H groups in total. The van der Waals surface area contributed by atoms with Crippen molar-refractivity contribution in [3.63, 3.8) is 0 Å². The first kappa shape index (κ1) is 11.9. The number of likely N-dealkylation sites (tertiary alicyclic amines) is 1. The zero-order valence-corrected chi connectivity index (χ0v) is 10.4. The molecule has 0 spiro atoms. The summed E-state index contributed by atoms with van der Waals surface area (Å²) in [5, 5.41) is 0. The van der Waals surface area contributed by atoms with Crippen LogP contribution in [-0.2, 0) is 4.79 Å². The minimum Gasteiger partial charge on any atom is -0.338 e. The molecule has 2 aliphatic rings. The van der Waals surface area contributed by atoms with Crippen molar-refractivity contribution < 1.29 is 4.79 Å². The Labute approximate surface area is 97.8 Å². The lowest BCUT2D eigenvalue weighted by Gasteiger charge is -2.31. The molecule has 4 heteroatoms. The standard InChI is InChI=1S/C12H23N3O/c1-14(2)8-11(16)15-7-6-12(9-13)5-3-4-10(12)15/h10H,3-9,13H2,1-2H3/t10-,12-/m0/s1. The monoisotopic (exact) mass is 225 g/mol. The van der Waals surface area contributed by atoms with Crippen molar-refractivity contribution in [2.45, 2.75) is 31.7 Å². The Hall–Kier alpha value is -0.610. The van der Waals surface area contributed by atoms with Crippen LogP contribution in [0.3, 0.4) is 0 Å². The summed E-state index contributed by atoms with van der Waals surface area (Å²) < 4.78 is 0. The molecule has 2 atom stereocenters. The van der Waals surface area contributed by atoms with Crippen LogP contribution in [0.25, 0.3) is 0 Å². The number of likely N-dealkylation sites (N-methyl/N-ethyl adjacent to an activating group) is 1. The lowest BCUT2D eigenvalue weighted by molar-refractivity contribution is -0.133. The summed E-state index contributed by atoms with van der Waals surface area (Å²) in [5.41, 5.74) is 6.18. The van der Waals surface area contributed by atoms with E-state index in [4.69, 9.17) is 5.73 Å². The van der Waals surface area contributed by atoms with Crippen LogP contribution in [0.2, 0.25) is 0 Å². The molecular formula is C12H23N3O. The van der Waals surface area contributed by atoms with Crippen molar-refractivity contribution in [2.75, 3.05) is 33.7 Å². The SMILES string of the molecule is CN(C)CC(=O)N1CC[C@]2(CN)CCC[C@H]12. The highest BCUT2D eigenvalue weighted by molar-refractivity contribution is 5.79. The number of fused-ring (bicyclic) bond motifs is 1. The summed E-state index contributed by atoms with van der Waals surface area (Å²) in [6.45, 7) is 2.18. The van der Waals surface area contributed by atoms with Gasteiger partial charge < -0.3 is 15.5 Å². The number of nitrogens with zero attached hydrogens (tertiary/aromatic N) is 2. The molecule has 0 unspecified atom stereocenters. The van der Waals surface area contributed by atoms with Crippen LogP contribution in [0.5, 0.6) is 0 Å². The van der Waals surface area contributed by atoms with Gasteiger partial charge in [-0.05, 0) is 39.9 Å². The van der Waals surface area contributed by atoms with Crippen molar-refractivity contribution in [3.8, 4) is 0 Å². The smallest absolute Gasteiger partial charge is 0.236 e. The molecule has 0 radical (unpaired) electrons. The zero-order chi connectivity index (χ0) is 11.8. The fourth-order valence-electron chi connectivity index (χ4n) is 3.40. The summed E-state index contributed by atoms with van der Waals surface area (Å²) >= 11 is 0. The normalized spacial score (nSPS) is 33.5. The largest absolute Gasteiger partial charge is 0.338 e. The first-order valence-corrected chi connectivity index (χ1v) is 6.23. The van der Waals surface area contributed by atoms with Crippen LogP contribution >= 0.6 is 0 Å². The quantitative estimate of drug-likeness (QED) is 0.750. The van der Waals surface area contributed by atoms with E-state index in [1.54, 1.807) is 0 Å². The molecule has 92 valence electrons. The van der Waals surface area contributed by atoms with Crippen molar-refractivity contribution in [2.24, 2.45) is 11.1 Å². The van der Waals surface area contributed by atoms with Gasteiger partial charge in [0.05, 0.1) is 6.54 Å². The Balaban J connectivity index is 2.06. The molecule has 1 saturated heterocycles. The van der Waals surface area contributed by atoms with Crippen LogP contribution in [-0.4, -0.2) is 55.5 Å². The van der Waals surface area contributed by atoms with Crippen LogP contribution < -0.4 is 5.73 Å². The third kappa shape index (κ3) is 1.84. The van der Waals surface area contributed by atoms with Crippen molar-refractivity contribution >= 4 is 5.91 Å². The average Bonchev–Trinajstić information content (AvgIpc) is 2.73. The predicted molar refractivity (Wildman–Crippen MR) is 64.0 cm³/mol. The molecule has 0 bridgehead atoms. The van der Waals surface area contributed by atoms with E-state index in [2.05, 4.69) is 4.90 Å². The highest BCUT2D eigenvalue weighted by Gasteiger charge is 2.50. The Morgan fingerprint density at radius 3 is 2.88 bits per heavy atom. The highest BCUT2D eigenvalue weighted by Crippen LogP contribution is 2.47. The van der Waals surface area contributed by atoms with Gasteiger partial charge in [0.15, 0.2) is 0 Å².